The number of carbonyl (C=O) groups excluding carboxylic acids is 1. The second kappa shape index (κ2) is 4.72. The molecule has 0 aliphatic heterocycles. The quantitative estimate of drug-likeness (QED) is 0.489. The first-order valence-electron chi connectivity index (χ1n) is 4.50. The average Bonchev–Trinajstić information content (AvgIpc) is 2.85. The van der Waals surface area contributed by atoms with E-state index in [0.717, 1.165) is 12.8 Å². The molecule has 0 aromatic heterocycles. The summed E-state index contributed by atoms with van der Waals surface area (Å²) in [5, 5.41) is 2.67. The first kappa shape index (κ1) is 11.4. The molecule has 1 saturated carbocycles. The van der Waals surface area contributed by atoms with Gasteiger partial charge in [-0.2, -0.15) is 0 Å². The van der Waals surface area contributed by atoms with Crippen LogP contribution in [0.4, 0.5) is 0 Å². The first-order chi connectivity index (χ1) is 6.53. The third-order valence-electron chi connectivity index (χ3n) is 1.78. The van der Waals surface area contributed by atoms with Gasteiger partial charge >= 0.3 is 0 Å². The summed E-state index contributed by atoms with van der Waals surface area (Å²) in [4.78, 5) is 11.1. The molecule has 6 nitrogen and oxygen atoms in total. The van der Waals surface area contributed by atoms with E-state index in [0.29, 0.717) is 0 Å². The molecule has 0 aromatic carbocycles. The molecule has 7 heteroatoms. The van der Waals surface area contributed by atoms with E-state index in [1.807, 2.05) is 0 Å². The number of carbonyl (C=O) groups is 1. The number of hydrogen-bond acceptors (Lipinski definition) is 4. The Hall–Kier alpha value is -0.660. The summed E-state index contributed by atoms with van der Waals surface area (Å²) >= 11 is 0. The molecule has 0 unspecified atom stereocenters. The minimum atomic E-state index is -3.38. The maximum atomic E-state index is 11.1. The molecule has 1 aliphatic carbocycles. The predicted octanol–water partition coefficient (Wildman–Crippen LogP) is -1.86. The van der Waals surface area contributed by atoms with Gasteiger partial charge in [0.2, 0.25) is 15.9 Å². The summed E-state index contributed by atoms with van der Waals surface area (Å²) in [6.45, 7) is -0.140. The Morgan fingerprint density at radius 3 is 2.57 bits per heavy atom. The third-order valence-corrected chi connectivity index (χ3v) is 3.14. The van der Waals surface area contributed by atoms with Gasteiger partial charge in [0.05, 0.1) is 12.3 Å². The highest BCUT2D eigenvalue weighted by Gasteiger charge is 2.23. The fourth-order valence-corrected chi connectivity index (χ4v) is 1.71. The van der Waals surface area contributed by atoms with E-state index in [1.165, 1.54) is 0 Å². The minimum absolute atomic E-state index is 0.0551. The summed E-state index contributed by atoms with van der Waals surface area (Å²) in [6.07, 6.45) is 1.97. The van der Waals surface area contributed by atoms with Crippen LogP contribution < -0.4 is 15.8 Å². The minimum Gasteiger partial charge on any atom is -0.352 e. The van der Waals surface area contributed by atoms with Gasteiger partial charge in [-0.15, -0.1) is 0 Å². The molecule has 0 saturated heterocycles. The number of nitrogens with two attached hydrogens (primary N) is 1. The van der Waals surface area contributed by atoms with Gasteiger partial charge in [0.25, 0.3) is 0 Å². The molecule has 1 rings (SSSR count). The number of rotatable bonds is 6. The van der Waals surface area contributed by atoms with Gasteiger partial charge < -0.3 is 11.1 Å². The normalized spacial score (nSPS) is 16.6. The van der Waals surface area contributed by atoms with E-state index in [9.17, 15) is 13.2 Å². The van der Waals surface area contributed by atoms with E-state index >= 15 is 0 Å². The van der Waals surface area contributed by atoms with Crippen molar-refractivity contribution >= 4 is 15.9 Å². The topological polar surface area (TPSA) is 101 Å². The predicted molar refractivity (Wildman–Crippen MR) is 52.0 cm³/mol. The molecule has 0 aromatic rings. The second-order valence-corrected chi connectivity index (χ2v) is 5.20. The van der Waals surface area contributed by atoms with Gasteiger partial charge in [0.15, 0.2) is 0 Å². The molecule has 1 aliphatic rings. The fraction of sp³-hybridized carbons (Fsp3) is 0.857. The molecule has 1 amide bonds. The maximum absolute atomic E-state index is 11.1. The van der Waals surface area contributed by atoms with Gasteiger partial charge in [-0.25, -0.2) is 13.1 Å². The van der Waals surface area contributed by atoms with Crippen molar-refractivity contribution in [2.24, 2.45) is 5.73 Å². The molecule has 0 radical (unpaired) electrons. The molecule has 0 atom stereocenters. The Balaban J connectivity index is 2.20. The number of hydrogen-bond donors (Lipinski definition) is 3. The molecule has 0 bridgehead atoms. The van der Waals surface area contributed by atoms with Crippen molar-refractivity contribution in [3.63, 3.8) is 0 Å². The Morgan fingerprint density at radius 2 is 2.07 bits per heavy atom. The maximum Gasteiger partial charge on any atom is 0.235 e. The second-order valence-electron chi connectivity index (χ2n) is 3.27. The Morgan fingerprint density at radius 1 is 1.43 bits per heavy atom. The van der Waals surface area contributed by atoms with Crippen LogP contribution in [0.1, 0.15) is 12.8 Å². The Labute approximate surface area is 83.3 Å². The van der Waals surface area contributed by atoms with Gasteiger partial charge in [0.1, 0.15) is 0 Å². The third kappa shape index (κ3) is 4.54. The fourth-order valence-electron chi connectivity index (χ4n) is 0.909. The van der Waals surface area contributed by atoms with E-state index in [2.05, 4.69) is 10.0 Å². The smallest absolute Gasteiger partial charge is 0.235 e. The van der Waals surface area contributed by atoms with Crippen LogP contribution in [0.5, 0.6) is 0 Å². The van der Waals surface area contributed by atoms with Crippen molar-refractivity contribution in [2.45, 2.75) is 18.9 Å². The summed E-state index contributed by atoms with van der Waals surface area (Å²) in [5.41, 5.74) is 5.09. The van der Waals surface area contributed by atoms with Crippen LogP contribution in [0.2, 0.25) is 0 Å². The van der Waals surface area contributed by atoms with Gasteiger partial charge in [-0.1, -0.05) is 0 Å². The van der Waals surface area contributed by atoms with Crippen molar-refractivity contribution in [1.29, 1.82) is 0 Å². The van der Waals surface area contributed by atoms with Crippen LogP contribution in [0.25, 0.3) is 0 Å². The summed E-state index contributed by atoms with van der Waals surface area (Å²) in [6, 6.07) is 0.251. The van der Waals surface area contributed by atoms with Crippen molar-refractivity contribution in [2.75, 3.05) is 18.8 Å². The summed E-state index contributed by atoms with van der Waals surface area (Å²) in [5.74, 6) is -0.433. The lowest BCUT2D eigenvalue weighted by Crippen LogP contribution is -2.39. The lowest BCUT2D eigenvalue weighted by molar-refractivity contribution is -0.120. The molecule has 82 valence electrons. The first-order valence-corrected chi connectivity index (χ1v) is 6.15. The molecular weight excluding hydrogens is 206 g/mol. The molecule has 0 spiro atoms. The van der Waals surface area contributed by atoms with Crippen LogP contribution in [0.15, 0.2) is 0 Å². The average molecular weight is 221 g/mol. The zero-order valence-corrected chi connectivity index (χ0v) is 8.64. The van der Waals surface area contributed by atoms with Crippen LogP contribution in [0, 0.1) is 0 Å². The SMILES string of the molecule is NCCS(=O)(=O)NCC(=O)NC1CC1. The Bertz CT molecular complexity index is 297. The molecule has 4 N–H and O–H groups in total. The molecule has 1 fully saturated rings. The number of amides is 1. The zero-order valence-electron chi connectivity index (χ0n) is 7.82. The van der Waals surface area contributed by atoms with Gasteiger partial charge in [0, 0.05) is 12.6 Å². The highest BCUT2D eigenvalue weighted by Crippen LogP contribution is 2.18. The van der Waals surface area contributed by atoms with E-state index in [-0.39, 0.29) is 30.8 Å². The molecular formula is C7H15N3O3S. The van der Waals surface area contributed by atoms with Gasteiger partial charge in [-0.3, -0.25) is 4.79 Å². The highest BCUT2D eigenvalue weighted by atomic mass is 32.2. The van der Waals surface area contributed by atoms with Crippen LogP contribution in [-0.4, -0.2) is 39.2 Å². The number of sulfonamides is 1. The van der Waals surface area contributed by atoms with Crippen LogP contribution >= 0.6 is 0 Å². The van der Waals surface area contributed by atoms with Crippen LogP contribution in [-0.2, 0) is 14.8 Å². The van der Waals surface area contributed by atoms with Crippen molar-refractivity contribution < 1.29 is 13.2 Å². The largest absolute Gasteiger partial charge is 0.352 e. The lowest BCUT2D eigenvalue weighted by Gasteiger charge is -2.05. The van der Waals surface area contributed by atoms with E-state index in [4.69, 9.17) is 5.73 Å². The van der Waals surface area contributed by atoms with Crippen molar-refractivity contribution in [1.82, 2.24) is 10.0 Å². The van der Waals surface area contributed by atoms with E-state index in [1.54, 1.807) is 0 Å². The van der Waals surface area contributed by atoms with Crippen molar-refractivity contribution in [3.8, 4) is 0 Å². The molecule has 0 heterocycles. The summed E-state index contributed by atoms with van der Waals surface area (Å²) < 4.78 is 24.3. The van der Waals surface area contributed by atoms with Crippen LogP contribution in [0.3, 0.4) is 0 Å². The standard InChI is InChI=1S/C7H15N3O3S/c8-3-4-14(12,13)9-5-7(11)10-6-1-2-6/h6,9H,1-5,8H2,(H,10,11). The molecule has 14 heavy (non-hydrogen) atoms. The van der Waals surface area contributed by atoms with Gasteiger partial charge in [-0.05, 0) is 12.8 Å². The lowest BCUT2D eigenvalue weighted by atomic mass is 10.5. The zero-order chi connectivity index (χ0) is 10.6. The van der Waals surface area contributed by atoms with E-state index < -0.39 is 10.0 Å². The number of nitrogens with one attached hydrogen (secondary N) is 2. The highest BCUT2D eigenvalue weighted by molar-refractivity contribution is 7.89. The summed E-state index contributed by atoms with van der Waals surface area (Å²) in [7, 11) is -3.38. The van der Waals surface area contributed by atoms with Crippen molar-refractivity contribution in [3.05, 3.63) is 0 Å². The Kier molecular flexibility index (Phi) is 3.85. The monoisotopic (exact) mass is 221 g/mol.